The van der Waals surface area contributed by atoms with Gasteiger partial charge in [0, 0.05) is 11.1 Å². The van der Waals surface area contributed by atoms with Gasteiger partial charge >= 0.3 is 5.84 Å². The molecular weight excluding hydrogens is 468 g/mol. The maximum Gasteiger partial charge on any atom is 0.307 e. The number of aliphatic carboxylic acids is 1. The van der Waals surface area contributed by atoms with Gasteiger partial charge in [-0.3, -0.25) is 0 Å². The molecule has 0 N–H and O–H groups in total. The summed E-state index contributed by atoms with van der Waals surface area (Å²) in [4.78, 5) is 15.3. The molecule has 38 heavy (non-hydrogen) atoms. The van der Waals surface area contributed by atoms with Crippen LogP contribution in [0.25, 0.3) is 0 Å². The summed E-state index contributed by atoms with van der Waals surface area (Å²) >= 11 is 0. The van der Waals surface area contributed by atoms with Crippen LogP contribution in [-0.2, 0) is 4.79 Å². The summed E-state index contributed by atoms with van der Waals surface area (Å²) in [5.74, 6) is -1.03. The first-order valence-electron chi connectivity index (χ1n) is 13.1. The number of carboxylic acids is 1. The number of hydrogen-bond acceptors (Lipinski definition) is 3. The Hall–Kier alpha value is -4.18. The third-order valence-corrected chi connectivity index (χ3v) is 7.53. The van der Waals surface area contributed by atoms with E-state index in [-0.39, 0.29) is 17.9 Å². The van der Waals surface area contributed by atoms with E-state index < -0.39 is 5.97 Å². The number of aryl methyl sites for hydroxylation is 6. The summed E-state index contributed by atoms with van der Waals surface area (Å²) in [6.07, 6.45) is 0. The topological polar surface area (TPSA) is 46.4 Å². The Bertz CT molecular complexity index is 1510. The van der Waals surface area contributed by atoms with E-state index >= 15 is 0 Å². The van der Waals surface area contributed by atoms with Crippen LogP contribution < -0.4 is 10.0 Å². The van der Waals surface area contributed by atoms with Gasteiger partial charge in [-0.25, -0.2) is 9.48 Å². The fourth-order valence-electron chi connectivity index (χ4n) is 6.42. The van der Waals surface area contributed by atoms with Gasteiger partial charge in [-0.1, -0.05) is 96.1 Å². The van der Waals surface area contributed by atoms with Gasteiger partial charge in [-0.2, -0.15) is 0 Å². The molecule has 4 heteroatoms. The molecule has 5 rings (SSSR count). The number of carboxylic acid groups (broad SMARTS) is 1. The number of anilines is 1. The lowest BCUT2D eigenvalue weighted by atomic mass is 9.91. The van der Waals surface area contributed by atoms with Crippen molar-refractivity contribution in [3.63, 3.8) is 0 Å². The lowest BCUT2D eigenvalue weighted by Crippen LogP contribution is -2.45. The maximum absolute atomic E-state index is 13.3. The zero-order valence-corrected chi connectivity index (χ0v) is 22.9. The van der Waals surface area contributed by atoms with E-state index in [1.165, 1.54) is 0 Å². The Kier molecular flexibility index (Phi) is 6.66. The van der Waals surface area contributed by atoms with Crippen molar-refractivity contribution in [3.05, 3.63) is 129 Å². The molecule has 0 fully saturated rings. The Morgan fingerprint density at radius 1 is 0.684 bits per heavy atom. The van der Waals surface area contributed by atoms with E-state index in [2.05, 4.69) is 90.1 Å². The number of nitrogens with zero attached hydrogens (tertiary/aromatic N) is 2. The normalized spacial score (nSPS) is 17.3. The van der Waals surface area contributed by atoms with E-state index in [1.54, 1.807) is 0 Å². The second-order valence-electron chi connectivity index (χ2n) is 10.6. The largest absolute Gasteiger partial charge is 0.538 e. The van der Waals surface area contributed by atoms with Crippen LogP contribution in [0.5, 0.6) is 0 Å². The second kappa shape index (κ2) is 9.94. The molecule has 2 unspecified atom stereocenters. The molecule has 0 radical (unpaired) electrons. The molecule has 1 aliphatic heterocycles. The summed E-state index contributed by atoms with van der Waals surface area (Å²) < 4.78 is 2.02. The van der Waals surface area contributed by atoms with Crippen molar-refractivity contribution in [1.29, 1.82) is 0 Å². The first-order valence-corrected chi connectivity index (χ1v) is 13.1. The summed E-state index contributed by atoms with van der Waals surface area (Å²) in [5, 5.41) is 13.3. The molecule has 2 atom stereocenters. The molecule has 0 aliphatic carbocycles. The van der Waals surface area contributed by atoms with E-state index in [1.807, 2.05) is 45.9 Å². The fraction of sp³-hybridized carbons (Fsp3) is 0.235. The zero-order valence-electron chi connectivity index (χ0n) is 22.9. The molecule has 4 nitrogen and oxygen atoms in total. The molecule has 0 saturated carbocycles. The van der Waals surface area contributed by atoms with Crippen molar-refractivity contribution in [3.8, 4) is 0 Å². The quantitative estimate of drug-likeness (QED) is 0.300. The molecular formula is C34H34N2O2. The first-order chi connectivity index (χ1) is 18.2. The van der Waals surface area contributed by atoms with Gasteiger partial charge in [0.2, 0.25) is 0 Å². The predicted molar refractivity (Wildman–Crippen MR) is 152 cm³/mol. The lowest BCUT2D eigenvalue weighted by molar-refractivity contribution is -0.488. The van der Waals surface area contributed by atoms with Gasteiger partial charge < -0.3 is 9.90 Å². The Labute approximate surface area is 225 Å². The molecule has 0 amide bonds. The number of hydrogen-bond donors (Lipinski definition) is 0. The van der Waals surface area contributed by atoms with Crippen molar-refractivity contribution < 1.29 is 14.5 Å². The van der Waals surface area contributed by atoms with E-state index in [4.69, 9.17) is 0 Å². The maximum atomic E-state index is 13.3. The van der Waals surface area contributed by atoms with Crippen LogP contribution in [0, 0.1) is 41.5 Å². The molecule has 1 aliphatic rings. The van der Waals surface area contributed by atoms with Gasteiger partial charge in [0.25, 0.3) is 0 Å². The van der Waals surface area contributed by atoms with Gasteiger partial charge in [0.05, 0.1) is 0 Å². The highest BCUT2D eigenvalue weighted by Crippen LogP contribution is 2.49. The van der Waals surface area contributed by atoms with E-state index in [0.29, 0.717) is 0 Å². The first kappa shape index (κ1) is 25.5. The average molecular weight is 503 g/mol. The van der Waals surface area contributed by atoms with Gasteiger partial charge in [0.1, 0.15) is 11.4 Å². The van der Waals surface area contributed by atoms with Gasteiger partial charge in [-0.05, 0) is 63.8 Å². The summed E-state index contributed by atoms with van der Waals surface area (Å²) in [6.45, 7) is 12.4. The number of carbonyl (C=O) groups excluding carboxylic acids is 1. The summed E-state index contributed by atoms with van der Waals surface area (Å²) in [7, 11) is 0. The lowest BCUT2D eigenvalue weighted by Gasteiger charge is -2.27. The Morgan fingerprint density at radius 2 is 1.13 bits per heavy atom. The molecule has 4 aromatic rings. The third-order valence-electron chi connectivity index (χ3n) is 7.53. The summed E-state index contributed by atoms with van der Waals surface area (Å²) in [5.41, 5.74) is 10.4. The van der Waals surface area contributed by atoms with E-state index in [9.17, 15) is 9.90 Å². The number of rotatable bonds is 5. The monoisotopic (exact) mass is 502 g/mol. The molecule has 0 saturated heterocycles. The Morgan fingerprint density at radius 3 is 1.61 bits per heavy atom. The van der Waals surface area contributed by atoms with Crippen molar-refractivity contribution in [2.45, 2.75) is 53.6 Å². The molecule has 0 aromatic heterocycles. The highest BCUT2D eigenvalue weighted by molar-refractivity contribution is 6.38. The average Bonchev–Trinajstić information content (AvgIpc) is 3.19. The van der Waals surface area contributed by atoms with Crippen LogP contribution >= 0.6 is 0 Å². The highest BCUT2D eigenvalue weighted by Gasteiger charge is 2.53. The van der Waals surface area contributed by atoms with Crippen molar-refractivity contribution >= 4 is 23.2 Å². The van der Waals surface area contributed by atoms with Gasteiger partial charge in [-0.15, -0.1) is 0 Å². The van der Waals surface area contributed by atoms with E-state index in [0.717, 1.165) is 55.9 Å². The number of amidine groups is 1. The van der Waals surface area contributed by atoms with Crippen LogP contribution in [0.15, 0.2) is 84.9 Å². The smallest absolute Gasteiger partial charge is 0.307 e. The highest BCUT2D eigenvalue weighted by atomic mass is 16.4. The van der Waals surface area contributed by atoms with Crippen LogP contribution in [-0.4, -0.2) is 16.4 Å². The van der Waals surface area contributed by atoms with Crippen LogP contribution in [0.1, 0.15) is 56.6 Å². The van der Waals surface area contributed by atoms with Crippen molar-refractivity contribution in [2.75, 3.05) is 4.90 Å². The molecule has 1 heterocycles. The second-order valence-corrected chi connectivity index (χ2v) is 10.6. The fourth-order valence-corrected chi connectivity index (χ4v) is 6.42. The SMILES string of the molecule is Cc1cc(C)c(N2C(C(=O)[O-])=[N+](c3c(C)cc(C)cc3C)C(c3ccccc3)C2c2ccccc2)c(C)c1. The van der Waals surface area contributed by atoms with Gasteiger partial charge in [0.15, 0.2) is 18.1 Å². The molecule has 4 aromatic carbocycles. The minimum atomic E-state index is -1.19. The third kappa shape index (κ3) is 4.30. The number of carbonyl (C=O) groups is 1. The van der Waals surface area contributed by atoms with Crippen molar-refractivity contribution in [1.82, 2.24) is 0 Å². The van der Waals surface area contributed by atoms with Crippen molar-refractivity contribution in [2.24, 2.45) is 0 Å². The molecule has 192 valence electrons. The standard InChI is InChI=1S/C34H34N2O2/c1-21-17-23(3)29(24(4)18-21)35-31(27-13-9-7-10-14-27)32(28-15-11-8-12-16-28)36(33(35)34(37)38)30-25(5)19-22(2)20-26(30)6/h7-20,31-32H,1-6H3. The van der Waals surface area contributed by atoms with Crippen LogP contribution in [0.2, 0.25) is 0 Å². The van der Waals surface area contributed by atoms with Crippen LogP contribution in [0.3, 0.4) is 0 Å². The Balaban J connectivity index is 1.95. The summed E-state index contributed by atoms with van der Waals surface area (Å²) in [6, 6.07) is 28.4. The predicted octanol–water partition coefficient (Wildman–Crippen LogP) is 6.33. The zero-order chi connectivity index (χ0) is 27.1. The molecule has 0 spiro atoms. The minimum Gasteiger partial charge on any atom is -0.538 e. The van der Waals surface area contributed by atoms with Crippen LogP contribution in [0.4, 0.5) is 11.4 Å². The minimum absolute atomic E-state index is 0.165. The molecule has 0 bridgehead atoms. The number of benzene rings is 4.